The molecule has 0 radical (unpaired) electrons. The minimum atomic E-state index is -0.860. The molecule has 8 rings (SSSR count). The molecule has 3 aromatic rings. The van der Waals surface area contributed by atoms with Gasteiger partial charge in [-0.15, -0.1) is 0 Å². The summed E-state index contributed by atoms with van der Waals surface area (Å²) in [6, 6.07) is 10.9. The molecule has 1 spiro atoms. The zero-order valence-electron chi connectivity index (χ0n) is 19.3. The Labute approximate surface area is 193 Å². The summed E-state index contributed by atoms with van der Waals surface area (Å²) in [6.07, 6.45) is 4.93. The number of aromatic nitrogens is 1. The van der Waals surface area contributed by atoms with Gasteiger partial charge in [0, 0.05) is 35.5 Å². The molecule has 0 unspecified atom stereocenters. The molecule has 33 heavy (non-hydrogen) atoms. The van der Waals surface area contributed by atoms with Crippen LogP contribution in [-0.2, 0) is 18.3 Å². The molecule has 2 aliphatic heterocycles. The van der Waals surface area contributed by atoms with Crippen molar-refractivity contribution in [2.24, 2.45) is 5.92 Å². The first-order valence-corrected chi connectivity index (χ1v) is 12.5. The van der Waals surface area contributed by atoms with Gasteiger partial charge in [-0.1, -0.05) is 24.3 Å². The number of para-hydroxylation sites is 1. The molecule has 1 aromatic heterocycles. The molecule has 2 bridgehead atoms. The van der Waals surface area contributed by atoms with E-state index in [0.717, 1.165) is 49.0 Å². The molecule has 2 N–H and O–H groups in total. The number of ether oxygens (including phenoxy) is 2. The summed E-state index contributed by atoms with van der Waals surface area (Å²) < 4.78 is 12.6. The molecule has 1 saturated heterocycles. The highest BCUT2D eigenvalue weighted by Gasteiger charge is 2.72. The zero-order chi connectivity index (χ0) is 22.1. The van der Waals surface area contributed by atoms with Crippen LogP contribution in [0.15, 0.2) is 30.3 Å². The van der Waals surface area contributed by atoms with E-state index < -0.39 is 11.0 Å². The van der Waals surface area contributed by atoms with Gasteiger partial charge in [0.15, 0.2) is 17.6 Å². The van der Waals surface area contributed by atoms with Crippen molar-refractivity contribution >= 4 is 10.9 Å². The van der Waals surface area contributed by atoms with Crippen molar-refractivity contribution in [2.75, 3.05) is 20.2 Å². The minimum Gasteiger partial charge on any atom is -0.493 e. The first kappa shape index (κ1) is 18.9. The molecule has 0 amide bonds. The zero-order valence-corrected chi connectivity index (χ0v) is 19.3. The number of aryl methyl sites for hydroxylation is 1. The number of H-pyrrole nitrogens is 1. The molecule has 4 atom stereocenters. The minimum absolute atomic E-state index is 0.118. The van der Waals surface area contributed by atoms with Crippen molar-refractivity contribution in [1.29, 1.82) is 0 Å². The van der Waals surface area contributed by atoms with Crippen LogP contribution >= 0.6 is 0 Å². The number of likely N-dealkylation sites (tertiary alicyclic amines) is 1. The van der Waals surface area contributed by atoms with E-state index in [0.29, 0.717) is 6.42 Å². The van der Waals surface area contributed by atoms with Gasteiger partial charge in [-0.25, -0.2) is 0 Å². The molecule has 1 saturated carbocycles. The fraction of sp³-hybridized carbons (Fsp3) is 0.500. The molecule has 3 aliphatic carbocycles. The second-order valence-electron chi connectivity index (χ2n) is 11.1. The summed E-state index contributed by atoms with van der Waals surface area (Å²) in [7, 11) is 1.72. The number of nitrogens with zero attached hydrogens (tertiary/aromatic N) is 1. The van der Waals surface area contributed by atoms with E-state index in [1.54, 1.807) is 7.11 Å². The van der Waals surface area contributed by atoms with Gasteiger partial charge >= 0.3 is 0 Å². The SMILES string of the molecule is COc1ccc2c3c1O[C@H]1c4[nH]c5c(C)cccc5c4C[C@@]4(O)[C@@H](C2)N(CC2CC2)CC[C@]314. The van der Waals surface area contributed by atoms with Crippen molar-refractivity contribution in [3.8, 4) is 11.5 Å². The number of hydrogen-bond acceptors (Lipinski definition) is 4. The maximum absolute atomic E-state index is 12.9. The second kappa shape index (κ2) is 5.94. The number of rotatable bonds is 3. The van der Waals surface area contributed by atoms with Gasteiger partial charge in [-0.05, 0) is 67.8 Å². The number of fused-ring (bicyclic) bond motifs is 4. The molecule has 170 valence electrons. The Balaban J connectivity index is 1.42. The van der Waals surface area contributed by atoms with Crippen LogP contribution in [0.3, 0.4) is 0 Å². The van der Waals surface area contributed by atoms with Gasteiger partial charge in [0.1, 0.15) is 0 Å². The summed E-state index contributed by atoms with van der Waals surface area (Å²) >= 11 is 0. The first-order chi connectivity index (χ1) is 16.0. The Morgan fingerprint density at radius 3 is 2.94 bits per heavy atom. The first-order valence-electron chi connectivity index (χ1n) is 12.5. The Kier molecular flexibility index (Phi) is 3.40. The van der Waals surface area contributed by atoms with Gasteiger partial charge in [-0.2, -0.15) is 0 Å². The number of aliphatic hydroxyl groups is 1. The molecular weight excluding hydrogens is 412 g/mol. The molecule has 5 aliphatic rings. The van der Waals surface area contributed by atoms with E-state index in [-0.39, 0.29) is 12.1 Å². The van der Waals surface area contributed by atoms with Crippen molar-refractivity contribution < 1.29 is 14.6 Å². The topological polar surface area (TPSA) is 57.7 Å². The van der Waals surface area contributed by atoms with Crippen molar-refractivity contribution in [3.05, 3.63) is 58.3 Å². The average Bonchev–Trinajstić information content (AvgIpc) is 3.44. The van der Waals surface area contributed by atoms with Crippen molar-refractivity contribution in [1.82, 2.24) is 9.88 Å². The fourth-order valence-corrected chi connectivity index (χ4v) is 7.94. The largest absolute Gasteiger partial charge is 0.493 e. The van der Waals surface area contributed by atoms with Crippen LogP contribution in [0.2, 0.25) is 0 Å². The molecule has 2 fully saturated rings. The van der Waals surface area contributed by atoms with Crippen LogP contribution in [0.5, 0.6) is 11.5 Å². The monoisotopic (exact) mass is 442 g/mol. The maximum atomic E-state index is 12.9. The smallest absolute Gasteiger partial charge is 0.166 e. The van der Waals surface area contributed by atoms with Gasteiger partial charge in [-0.3, -0.25) is 4.90 Å². The van der Waals surface area contributed by atoms with E-state index in [9.17, 15) is 5.11 Å². The Morgan fingerprint density at radius 2 is 2.12 bits per heavy atom. The highest BCUT2D eigenvalue weighted by Crippen LogP contribution is 2.69. The van der Waals surface area contributed by atoms with Gasteiger partial charge in [0.2, 0.25) is 0 Å². The third-order valence-electron chi connectivity index (χ3n) is 9.61. The van der Waals surface area contributed by atoms with Crippen molar-refractivity contribution in [3.63, 3.8) is 0 Å². The standard InChI is InChI=1S/C28H30N2O3/c1-15-4-3-5-18-19-13-28(31)21-12-17-8-9-20(32-2)25-22(17)27(28,10-11-30(21)14-16-6-7-16)26(33-25)24(19)29-23(15)18/h3-5,8-9,16,21,26,29,31H,6-7,10-14H2,1-2H3/t21-,26+,27+,28-/m1/s1. The lowest BCUT2D eigenvalue weighted by Crippen LogP contribution is -2.74. The predicted octanol–water partition coefficient (Wildman–Crippen LogP) is 4.18. The number of benzene rings is 2. The number of nitrogens with one attached hydrogen (secondary N) is 1. The van der Waals surface area contributed by atoms with Crippen LogP contribution < -0.4 is 9.47 Å². The predicted molar refractivity (Wildman–Crippen MR) is 126 cm³/mol. The number of methoxy groups -OCH3 is 1. The van der Waals surface area contributed by atoms with Crippen LogP contribution in [0, 0.1) is 12.8 Å². The molecule has 5 heteroatoms. The van der Waals surface area contributed by atoms with Gasteiger partial charge < -0.3 is 19.6 Å². The van der Waals surface area contributed by atoms with Crippen molar-refractivity contribution in [2.45, 2.75) is 62.2 Å². The Hall–Kier alpha value is -2.50. The van der Waals surface area contributed by atoms with Crippen LogP contribution in [0.4, 0.5) is 0 Å². The van der Waals surface area contributed by atoms with Crippen LogP contribution in [0.1, 0.15) is 53.3 Å². The summed E-state index contributed by atoms with van der Waals surface area (Å²) in [4.78, 5) is 6.39. The van der Waals surface area contributed by atoms with E-state index in [1.807, 2.05) is 0 Å². The maximum Gasteiger partial charge on any atom is 0.166 e. The van der Waals surface area contributed by atoms with E-state index in [2.05, 4.69) is 47.1 Å². The third kappa shape index (κ3) is 2.08. The lowest BCUT2D eigenvalue weighted by Gasteiger charge is -2.62. The highest BCUT2D eigenvalue weighted by atomic mass is 16.5. The second-order valence-corrected chi connectivity index (χ2v) is 11.1. The third-order valence-corrected chi connectivity index (χ3v) is 9.61. The number of hydrogen-bond donors (Lipinski definition) is 2. The van der Waals surface area contributed by atoms with Gasteiger partial charge in [0.25, 0.3) is 0 Å². The normalized spacial score (nSPS) is 33.5. The van der Waals surface area contributed by atoms with E-state index >= 15 is 0 Å². The van der Waals surface area contributed by atoms with Crippen LogP contribution in [0.25, 0.3) is 10.9 Å². The molecular formula is C28H30N2O3. The summed E-state index contributed by atoms with van der Waals surface area (Å²) in [6.45, 7) is 4.30. The summed E-state index contributed by atoms with van der Waals surface area (Å²) in [5.41, 5.74) is 6.07. The number of piperidine rings is 1. The van der Waals surface area contributed by atoms with Gasteiger partial charge in [0.05, 0.1) is 23.8 Å². The average molecular weight is 443 g/mol. The fourth-order valence-electron chi connectivity index (χ4n) is 7.94. The molecule has 2 aromatic carbocycles. The summed E-state index contributed by atoms with van der Waals surface area (Å²) in [5, 5.41) is 14.1. The quantitative estimate of drug-likeness (QED) is 0.639. The highest BCUT2D eigenvalue weighted by molar-refractivity contribution is 5.88. The number of aromatic amines is 1. The Morgan fingerprint density at radius 1 is 1.24 bits per heavy atom. The van der Waals surface area contributed by atoms with E-state index in [4.69, 9.17) is 9.47 Å². The van der Waals surface area contributed by atoms with E-state index in [1.165, 1.54) is 46.0 Å². The molecule has 3 heterocycles. The lowest BCUT2D eigenvalue weighted by molar-refractivity contribution is -0.173. The lowest BCUT2D eigenvalue weighted by atomic mass is 9.49. The Bertz CT molecular complexity index is 1340. The van der Waals surface area contributed by atoms with Crippen LogP contribution in [-0.4, -0.2) is 46.8 Å². The summed E-state index contributed by atoms with van der Waals surface area (Å²) in [5.74, 6) is 2.45. The molecule has 5 nitrogen and oxygen atoms in total.